The predicted octanol–water partition coefficient (Wildman–Crippen LogP) is 2.40. The van der Waals surface area contributed by atoms with Crippen molar-refractivity contribution < 1.29 is 0 Å². The molecule has 90 valence electrons. The van der Waals surface area contributed by atoms with E-state index in [1.807, 2.05) is 18.5 Å². The molecule has 0 unspecified atom stereocenters. The van der Waals surface area contributed by atoms with Crippen molar-refractivity contribution in [1.82, 2.24) is 19.7 Å². The fraction of sp³-hybridized carbons (Fsp3) is 0.462. The molecule has 4 nitrogen and oxygen atoms in total. The van der Waals surface area contributed by atoms with E-state index in [1.54, 1.807) is 6.20 Å². The highest BCUT2D eigenvalue weighted by molar-refractivity contribution is 5.26. The third kappa shape index (κ3) is 2.20. The van der Waals surface area contributed by atoms with Crippen molar-refractivity contribution in [3.05, 3.63) is 35.0 Å². The van der Waals surface area contributed by atoms with E-state index >= 15 is 0 Å². The minimum Gasteiger partial charge on any atom is -0.256 e. The Balaban J connectivity index is 2.51. The first-order valence-electron chi connectivity index (χ1n) is 6.04. The number of aromatic nitrogens is 4. The highest BCUT2D eigenvalue weighted by Crippen LogP contribution is 2.12. The second-order valence-corrected chi connectivity index (χ2v) is 4.14. The van der Waals surface area contributed by atoms with Crippen molar-refractivity contribution in [2.24, 2.45) is 0 Å². The number of nitrogens with zero attached hydrogens (tertiary/aromatic N) is 4. The summed E-state index contributed by atoms with van der Waals surface area (Å²) in [6.07, 6.45) is 3.67. The maximum atomic E-state index is 4.55. The lowest BCUT2D eigenvalue weighted by Gasteiger charge is -2.06. The molecule has 0 aliphatic heterocycles. The van der Waals surface area contributed by atoms with Gasteiger partial charge in [0.15, 0.2) is 5.82 Å². The Kier molecular flexibility index (Phi) is 3.22. The molecule has 0 N–H and O–H groups in total. The van der Waals surface area contributed by atoms with Gasteiger partial charge in [-0.05, 0) is 32.8 Å². The van der Waals surface area contributed by atoms with Crippen LogP contribution in [0.25, 0.3) is 5.82 Å². The van der Waals surface area contributed by atoms with Crippen molar-refractivity contribution in [1.29, 1.82) is 0 Å². The van der Waals surface area contributed by atoms with Crippen LogP contribution >= 0.6 is 0 Å². The second-order valence-electron chi connectivity index (χ2n) is 4.14. The standard InChI is InChI=1S/C13H18N4/c1-5-11-7-12(6-2)17(16-11)13-8-14-9(3)10(4)15-13/h7-8H,5-6H2,1-4H3. The molecule has 0 atom stereocenters. The predicted molar refractivity (Wildman–Crippen MR) is 67.4 cm³/mol. The van der Waals surface area contributed by atoms with Gasteiger partial charge >= 0.3 is 0 Å². The van der Waals surface area contributed by atoms with Gasteiger partial charge in [-0.1, -0.05) is 13.8 Å². The van der Waals surface area contributed by atoms with Crippen molar-refractivity contribution in [2.45, 2.75) is 40.5 Å². The minimum atomic E-state index is 0.810. The zero-order valence-corrected chi connectivity index (χ0v) is 10.9. The smallest absolute Gasteiger partial charge is 0.172 e. The summed E-state index contributed by atoms with van der Waals surface area (Å²) in [6.45, 7) is 8.18. The molecule has 4 heteroatoms. The van der Waals surface area contributed by atoms with Gasteiger partial charge in [0.05, 0.1) is 23.3 Å². The van der Waals surface area contributed by atoms with E-state index < -0.39 is 0 Å². The maximum Gasteiger partial charge on any atom is 0.172 e. The molecule has 17 heavy (non-hydrogen) atoms. The van der Waals surface area contributed by atoms with Gasteiger partial charge in [0.25, 0.3) is 0 Å². The van der Waals surface area contributed by atoms with Crippen LogP contribution < -0.4 is 0 Å². The van der Waals surface area contributed by atoms with E-state index in [1.165, 1.54) is 5.69 Å². The topological polar surface area (TPSA) is 43.6 Å². The van der Waals surface area contributed by atoms with E-state index in [2.05, 4.69) is 35.0 Å². The van der Waals surface area contributed by atoms with Gasteiger partial charge in [-0.2, -0.15) is 5.10 Å². The van der Waals surface area contributed by atoms with Crippen LogP contribution in [0.15, 0.2) is 12.3 Å². The maximum absolute atomic E-state index is 4.55. The van der Waals surface area contributed by atoms with Crippen LogP contribution in [0.1, 0.15) is 36.6 Å². The number of hydrogen-bond acceptors (Lipinski definition) is 3. The van der Waals surface area contributed by atoms with Crippen LogP contribution in [-0.2, 0) is 12.8 Å². The SMILES string of the molecule is CCc1cc(CC)n(-c2cnc(C)c(C)n2)n1. The van der Waals surface area contributed by atoms with Crippen LogP contribution in [0, 0.1) is 13.8 Å². The van der Waals surface area contributed by atoms with Crippen LogP contribution in [0.4, 0.5) is 0 Å². The molecule has 0 aliphatic carbocycles. The minimum absolute atomic E-state index is 0.810. The van der Waals surface area contributed by atoms with E-state index in [9.17, 15) is 0 Å². The first-order chi connectivity index (χ1) is 8.15. The summed E-state index contributed by atoms with van der Waals surface area (Å²) in [5.74, 6) is 0.810. The Morgan fingerprint density at radius 1 is 1.12 bits per heavy atom. The normalized spacial score (nSPS) is 10.8. The number of aryl methyl sites for hydroxylation is 4. The summed E-state index contributed by atoms with van der Waals surface area (Å²) < 4.78 is 1.90. The van der Waals surface area contributed by atoms with Gasteiger partial charge in [-0.3, -0.25) is 4.98 Å². The Labute approximate surface area is 102 Å². The van der Waals surface area contributed by atoms with E-state index in [0.717, 1.165) is 35.7 Å². The van der Waals surface area contributed by atoms with Crippen molar-refractivity contribution in [3.8, 4) is 5.82 Å². The van der Waals surface area contributed by atoms with Gasteiger partial charge in [0.2, 0.25) is 0 Å². The van der Waals surface area contributed by atoms with Gasteiger partial charge in [-0.25, -0.2) is 9.67 Å². The lowest BCUT2D eigenvalue weighted by Crippen LogP contribution is -2.06. The summed E-state index contributed by atoms with van der Waals surface area (Å²) >= 11 is 0. The molecule has 2 rings (SSSR count). The molecule has 2 aromatic heterocycles. The Morgan fingerprint density at radius 2 is 1.88 bits per heavy atom. The molecule has 0 fully saturated rings. The molecule has 2 heterocycles. The Hall–Kier alpha value is -1.71. The average Bonchev–Trinajstić information content (AvgIpc) is 2.76. The summed E-state index contributed by atoms with van der Waals surface area (Å²) in [5.41, 5.74) is 4.20. The van der Waals surface area contributed by atoms with Crippen LogP contribution in [-0.4, -0.2) is 19.7 Å². The highest BCUT2D eigenvalue weighted by atomic mass is 15.3. The van der Waals surface area contributed by atoms with Crippen LogP contribution in [0.5, 0.6) is 0 Å². The molecular weight excluding hydrogens is 212 g/mol. The molecule has 2 aromatic rings. The molecular formula is C13H18N4. The van der Waals surface area contributed by atoms with E-state index in [-0.39, 0.29) is 0 Å². The monoisotopic (exact) mass is 230 g/mol. The first-order valence-corrected chi connectivity index (χ1v) is 6.04. The lowest BCUT2D eigenvalue weighted by atomic mass is 10.2. The van der Waals surface area contributed by atoms with Gasteiger partial charge < -0.3 is 0 Å². The van der Waals surface area contributed by atoms with E-state index in [4.69, 9.17) is 0 Å². The van der Waals surface area contributed by atoms with Crippen LogP contribution in [0.2, 0.25) is 0 Å². The average molecular weight is 230 g/mol. The Bertz CT molecular complexity index is 528. The summed E-state index contributed by atoms with van der Waals surface area (Å²) in [7, 11) is 0. The number of rotatable bonds is 3. The molecule has 0 radical (unpaired) electrons. The van der Waals surface area contributed by atoms with Gasteiger partial charge in [0, 0.05) is 5.69 Å². The van der Waals surface area contributed by atoms with E-state index in [0.29, 0.717) is 0 Å². The van der Waals surface area contributed by atoms with Gasteiger partial charge in [-0.15, -0.1) is 0 Å². The molecule has 0 saturated heterocycles. The molecule has 0 aromatic carbocycles. The fourth-order valence-corrected chi connectivity index (χ4v) is 1.73. The van der Waals surface area contributed by atoms with Crippen molar-refractivity contribution in [2.75, 3.05) is 0 Å². The molecule has 0 spiro atoms. The van der Waals surface area contributed by atoms with Gasteiger partial charge in [0.1, 0.15) is 0 Å². The molecule has 0 bridgehead atoms. The lowest BCUT2D eigenvalue weighted by molar-refractivity contribution is 0.760. The zero-order valence-electron chi connectivity index (χ0n) is 10.9. The number of hydrogen-bond donors (Lipinski definition) is 0. The largest absolute Gasteiger partial charge is 0.256 e. The van der Waals surface area contributed by atoms with Crippen LogP contribution in [0.3, 0.4) is 0 Å². The summed E-state index contributed by atoms with van der Waals surface area (Å²) in [4.78, 5) is 8.88. The summed E-state index contributed by atoms with van der Waals surface area (Å²) in [5, 5.41) is 4.55. The quantitative estimate of drug-likeness (QED) is 0.813. The Morgan fingerprint density at radius 3 is 2.47 bits per heavy atom. The van der Waals surface area contributed by atoms with Crippen molar-refractivity contribution in [3.63, 3.8) is 0 Å². The molecule has 0 aliphatic rings. The second kappa shape index (κ2) is 4.65. The first kappa shape index (κ1) is 11.8. The van der Waals surface area contributed by atoms with Crippen molar-refractivity contribution >= 4 is 0 Å². The highest BCUT2D eigenvalue weighted by Gasteiger charge is 2.09. The third-order valence-corrected chi connectivity index (χ3v) is 2.95. The molecule has 0 saturated carbocycles. The summed E-state index contributed by atoms with van der Waals surface area (Å²) in [6, 6.07) is 2.14. The zero-order chi connectivity index (χ0) is 12.4. The third-order valence-electron chi connectivity index (χ3n) is 2.95. The molecule has 0 amide bonds. The fourth-order valence-electron chi connectivity index (χ4n) is 1.73.